The van der Waals surface area contributed by atoms with Crippen molar-refractivity contribution in [3.63, 3.8) is 0 Å². The predicted octanol–water partition coefficient (Wildman–Crippen LogP) is 3.30. The number of esters is 1. The number of hydrogen-bond donors (Lipinski definition) is 3. The van der Waals surface area contributed by atoms with Crippen LogP contribution in [0.3, 0.4) is 0 Å². The third kappa shape index (κ3) is 7.65. The second-order valence-electron chi connectivity index (χ2n) is 9.66. The lowest BCUT2D eigenvalue weighted by Crippen LogP contribution is -3.00. The fourth-order valence-electron chi connectivity index (χ4n) is 5.01. The molecule has 4 aromatic carbocycles. The van der Waals surface area contributed by atoms with Crippen molar-refractivity contribution in [3.8, 4) is 17.2 Å². The van der Waals surface area contributed by atoms with Gasteiger partial charge in [0.1, 0.15) is 23.2 Å². The summed E-state index contributed by atoms with van der Waals surface area (Å²) in [5.41, 5.74) is 0.00450. The van der Waals surface area contributed by atoms with Crippen molar-refractivity contribution in [2.45, 2.75) is 38.5 Å². The van der Waals surface area contributed by atoms with E-state index in [1.54, 1.807) is 0 Å². The zero-order chi connectivity index (χ0) is 27.5. The first-order valence-corrected chi connectivity index (χ1v) is 15.5. The van der Waals surface area contributed by atoms with Gasteiger partial charge in [0.15, 0.2) is 17.2 Å². The molecule has 5 nitrogen and oxygen atoms in total. The highest BCUT2D eigenvalue weighted by molar-refractivity contribution is 7.95. The van der Waals surface area contributed by atoms with Gasteiger partial charge in [-0.3, -0.25) is 0 Å². The number of halogens is 1. The molecule has 3 N–H and O–H groups in total. The third-order valence-electron chi connectivity index (χ3n) is 7.02. The summed E-state index contributed by atoms with van der Waals surface area (Å²) in [6.45, 7) is 0.270. The summed E-state index contributed by atoms with van der Waals surface area (Å²) < 4.78 is 5.26. The topological polar surface area (TPSA) is 87.0 Å². The van der Waals surface area contributed by atoms with Crippen molar-refractivity contribution in [3.05, 3.63) is 109 Å². The summed E-state index contributed by atoms with van der Waals surface area (Å²) in [6, 6.07) is 35.0. The Morgan fingerprint density at radius 3 is 1.45 bits per heavy atom. The van der Waals surface area contributed by atoms with Crippen LogP contribution in [-0.4, -0.2) is 34.1 Å². The average molecular weight is 624 g/mol. The maximum absolute atomic E-state index is 12.2. The van der Waals surface area contributed by atoms with E-state index in [0.29, 0.717) is 0 Å². The van der Waals surface area contributed by atoms with Gasteiger partial charge >= 0.3 is 5.97 Å². The van der Waals surface area contributed by atoms with Crippen molar-refractivity contribution in [1.82, 2.24) is 0 Å². The standard InChI is InChI=1S/C33H35O5P.BrH/c34-30-24-26(25-31(35)32(30)36)33(37)38-22-14-3-1-2-4-15-23-39(27-16-8-5-9-17-27,28-18-10-6-11-19-28)29-20-12-7-13-21-29;/h5-13,16-21,24-25H,1-4,14-15,22-23H2,(H2-,34,35,36,37);1H. The quantitative estimate of drug-likeness (QED) is 0.0922. The molecule has 0 saturated heterocycles. The summed E-state index contributed by atoms with van der Waals surface area (Å²) in [6.07, 6.45) is 7.27. The Hall–Kier alpha value is -3.34. The molecule has 210 valence electrons. The Morgan fingerprint density at radius 2 is 1.00 bits per heavy atom. The Kier molecular flexibility index (Phi) is 12.0. The molecule has 0 aliphatic rings. The number of rotatable bonds is 13. The van der Waals surface area contributed by atoms with Gasteiger partial charge < -0.3 is 37.0 Å². The van der Waals surface area contributed by atoms with E-state index in [4.69, 9.17) is 4.74 Å². The molecule has 0 unspecified atom stereocenters. The summed E-state index contributed by atoms with van der Waals surface area (Å²) >= 11 is 0. The van der Waals surface area contributed by atoms with Crippen molar-refractivity contribution in [1.29, 1.82) is 0 Å². The van der Waals surface area contributed by atoms with Crippen LogP contribution in [0.2, 0.25) is 0 Å². The molecule has 0 amide bonds. The number of carbonyl (C=O) groups excluding carboxylic acids is 1. The van der Waals surface area contributed by atoms with Crippen LogP contribution in [0, 0.1) is 0 Å². The molecule has 0 fully saturated rings. The van der Waals surface area contributed by atoms with Crippen LogP contribution in [-0.2, 0) is 4.74 Å². The number of phenols is 3. The molecule has 0 aromatic heterocycles. The zero-order valence-corrected chi connectivity index (χ0v) is 24.9. The molecule has 0 radical (unpaired) electrons. The highest BCUT2D eigenvalue weighted by atomic mass is 79.9. The number of carbonyl (C=O) groups is 1. The molecule has 7 heteroatoms. The number of ether oxygens (including phenoxy) is 1. The Bertz CT molecular complexity index is 1210. The van der Waals surface area contributed by atoms with Crippen molar-refractivity contribution >= 4 is 29.1 Å². The van der Waals surface area contributed by atoms with Crippen LogP contribution >= 0.6 is 7.26 Å². The smallest absolute Gasteiger partial charge is 0.338 e. The summed E-state index contributed by atoms with van der Waals surface area (Å²) in [5.74, 6) is -2.40. The fourth-order valence-corrected chi connectivity index (χ4v) is 9.42. The fraction of sp³-hybridized carbons (Fsp3) is 0.242. The minimum Gasteiger partial charge on any atom is -1.00 e. The zero-order valence-electron chi connectivity index (χ0n) is 22.5. The van der Waals surface area contributed by atoms with E-state index in [0.717, 1.165) is 56.8 Å². The highest BCUT2D eigenvalue weighted by Gasteiger charge is 2.44. The molecule has 0 saturated carbocycles. The van der Waals surface area contributed by atoms with Crippen LogP contribution in [0.15, 0.2) is 103 Å². The van der Waals surface area contributed by atoms with E-state index in [2.05, 4.69) is 91.0 Å². The molecular formula is C33H36BrO5P. The Balaban J connectivity index is 0.00000441. The van der Waals surface area contributed by atoms with Crippen LogP contribution in [0.1, 0.15) is 48.9 Å². The van der Waals surface area contributed by atoms with E-state index in [-0.39, 0.29) is 29.2 Å². The SMILES string of the molecule is O=C(OCCCCCCCC[P+](c1ccccc1)(c1ccccc1)c1ccccc1)c1cc(O)c(O)c(O)c1.[Br-]. The van der Waals surface area contributed by atoms with Gasteiger partial charge in [-0.2, -0.15) is 0 Å². The monoisotopic (exact) mass is 622 g/mol. The lowest BCUT2D eigenvalue weighted by molar-refractivity contribution is -0.0000281. The normalized spacial score (nSPS) is 11.0. The van der Waals surface area contributed by atoms with Gasteiger partial charge in [0.2, 0.25) is 0 Å². The lowest BCUT2D eigenvalue weighted by atomic mass is 10.1. The van der Waals surface area contributed by atoms with E-state index in [9.17, 15) is 20.1 Å². The molecule has 0 aliphatic carbocycles. The number of phenolic OH excluding ortho intramolecular Hbond substituents is 3. The maximum atomic E-state index is 12.2. The summed E-state index contributed by atoms with van der Waals surface area (Å²) in [7, 11) is -1.78. The first kappa shape index (κ1) is 31.2. The highest BCUT2D eigenvalue weighted by Crippen LogP contribution is 2.56. The average Bonchev–Trinajstić information content (AvgIpc) is 2.98. The van der Waals surface area contributed by atoms with Gasteiger partial charge in [-0.05, 0) is 67.8 Å². The minimum absolute atomic E-state index is 0. The second-order valence-corrected chi connectivity index (χ2v) is 13.3. The number of aromatic hydroxyl groups is 3. The van der Waals surface area contributed by atoms with E-state index < -0.39 is 30.5 Å². The number of benzene rings is 4. The molecule has 0 spiro atoms. The van der Waals surface area contributed by atoms with E-state index in [1.807, 2.05) is 0 Å². The predicted molar refractivity (Wildman–Crippen MR) is 159 cm³/mol. The molecule has 0 aliphatic heterocycles. The van der Waals surface area contributed by atoms with Gasteiger partial charge in [-0.25, -0.2) is 4.79 Å². The number of hydrogen-bond acceptors (Lipinski definition) is 5. The first-order valence-electron chi connectivity index (χ1n) is 13.5. The van der Waals surface area contributed by atoms with E-state index in [1.165, 1.54) is 15.9 Å². The summed E-state index contributed by atoms with van der Waals surface area (Å²) in [5, 5.41) is 32.8. The van der Waals surface area contributed by atoms with Crippen LogP contribution in [0.5, 0.6) is 17.2 Å². The molecule has 4 aromatic rings. The molecular weight excluding hydrogens is 587 g/mol. The van der Waals surface area contributed by atoms with Crippen LogP contribution < -0.4 is 32.9 Å². The minimum atomic E-state index is -1.78. The third-order valence-corrected chi connectivity index (χ3v) is 11.5. The Labute approximate surface area is 247 Å². The Morgan fingerprint density at radius 1 is 0.600 bits per heavy atom. The number of unbranched alkanes of at least 4 members (excludes halogenated alkanes) is 5. The van der Waals surface area contributed by atoms with Crippen LogP contribution in [0.25, 0.3) is 0 Å². The molecule has 0 bridgehead atoms. The van der Waals surface area contributed by atoms with Crippen LogP contribution in [0.4, 0.5) is 0 Å². The first-order chi connectivity index (χ1) is 19.0. The largest absolute Gasteiger partial charge is 1.00 e. The van der Waals surface area contributed by atoms with Gasteiger partial charge in [-0.1, -0.05) is 73.9 Å². The maximum Gasteiger partial charge on any atom is 0.338 e. The molecule has 0 atom stereocenters. The summed E-state index contributed by atoms with van der Waals surface area (Å²) in [4.78, 5) is 12.2. The molecule has 4 rings (SSSR count). The van der Waals surface area contributed by atoms with Crippen molar-refractivity contribution in [2.24, 2.45) is 0 Å². The van der Waals surface area contributed by atoms with Gasteiger partial charge in [0, 0.05) is 0 Å². The lowest BCUT2D eigenvalue weighted by Gasteiger charge is -2.27. The van der Waals surface area contributed by atoms with E-state index >= 15 is 0 Å². The van der Waals surface area contributed by atoms with Gasteiger partial charge in [0.25, 0.3) is 0 Å². The van der Waals surface area contributed by atoms with Gasteiger partial charge in [-0.15, -0.1) is 0 Å². The molecule has 40 heavy (non-hydrogen) atoms. The molecule has 0 heterocycles. The van der Waals surface area contributed by atoms with Gasteiger partial charge in [0.05, 0.1) is 18.3 Å². The van der Waals surface area contributed by atoms with Crippen molar-refractivity contribution < 1.29 is 41.8 Å². The second kappa shape index (κ2) is 15.4. The van der Waals surface area contributed by atoms with Crippen molar-refractivity contribution in [2.75, 3.05) is 12.8 Å².